The van der Waals surface area contributed by atoms with Crippen molar-refractivity contribution in [1.29, 1.82) is 0 Å². The van der Waals surface area contributed by atoms with Gasteiger partial charge >= 0.3 is 0 Å². The minimum absolute atomic E-state index is 0.0715. The lowest BCUT2D eigenvalue weighted by molar-refractivity contribution is 0.101. The zero-order valence-electron chi connectivity index (χ0n) is 10.8. The number of phenols is 1. The zero-order chi connectivity index (χ0) is 14.1. The van der Waals surface area contributed by atoms with Crippen LogP contribution >= 0.6 is 0 Å². The summed E-state index contributed by atoms with van der Waals surface area (Å²) in [7, 11) is 1.60. The summed E-state index contributed by atoms with van der Waals surface area (Å²) in [5.41, 5.74) is 1.30. The van der Waals surface area contributed by atoms with Crippen LogP contribution in [0.5, 0.6) is 17.2 Å². The summed E-state index contributed by atoms with van der Waals surface area (Å²) in [6.45, 7) is 0. The number of fused-ring (bicyclic) bond motifs is 1. The number of phenolic OH excluding ortho intramolecular Hbond substituents is 1. The summed E-state index contributed by atoms with van der Waals surface area (Å²) in [6, 6.07) is 11.8. The predicted molar refractivity (Wildman–Crippen MR) is 74.0 cm³/mol. The fourth-order valence-electron chi connectivity index (χ4n) is 2.03. The molecule has 20 heavy (non-hydrogen) atoms. The normalized spacial score (nSPS) is 15.1. The minimum atomic E-state index is -0.184. The van der Waals surface area contributed by atoms with Crippen molar-refractivity contribution < 1.29 is 19.4 Å². The highest BCUT2D eigenvalue weighted by Gasteiger charge is 2.27. The molecule has 0 bridgehead atoms. The molecule has 0 atom stereocenters. The Morgan fingerprint density at radius 1 is 1.15 bits per heavy atom. The Labute approximate surface area is 115 Å². The number of aromatic hydroxyl groups is 1. The van der Waals surface area contributed by atoms with E-state index in [9.17, 15) is 9.90 Å². The summed E-state index contributed by atoms with van der Waals surface area (Å²) in [5.74, 6) is 1.27. The largest absolute Gasteiger partial charge is 0.508 e. The zero-order valence-corrected chi connectivity index (χ0v) is 10.8. The smallest absolute Gasteiger partial charge is 0.231 e. The molecule has 2 aromatic rings. The minimum Gasteiger partial charge on any atom is -0.508 e. The number of hydrogen-bond donors (Lipinski definition) is 1. The van der Waals surface area contributed by atoms with Gasteiger partial charge in [-0.05, 0) is 35.9 Å². The molecule has 1 aliphatic rings. The molecule has 0 spiro atoms. The van der Waals surface area contributed by atoms with Crippen molar-refractivity contribution in [2.24, 2.45) is 0 Å². The molecule has 0 radical (unpaired) electrons. The van der Waals surface area contributed by atoms with Crippen LogP contribution in [0.15, 0.2) is 48.2 Å². The first-order valence-electron chi connectivity index (χ1n) is 6.09. The van der Waals surface area contributed by atoms with E-state index < -0.39 is 0 Å². The van der Waals surface area contributed by atoms with Crippen molar-refractivity contribution in [3.63, 3.8) is 0 Å². The summed E-state index contributed by atoms with van der Waals surface area (Å²) < 4.78 is 10.6. The molecule has 0 aromatic heterocycles. The molecule has 100 valence electrons. The Morgan fingerprint density at radius 3 is 2.60 bits per heavy atom. The number of benzene rings is 2. The van der Waals surface area contributed by atoms with Gasteiger partial charge in [-0.25, -0.2) is 0 Å². The van der Waals surface area contributed by atoms with Gasteiger partial charge in [0.1, 0.15) is 17.2 Å². The molecule has 2 aromatic carbocycles. The van der Waals surface area contributed by atoms with Crippen molar-refractivity contribution in [3.8, 4) is 17.2 Å². The molecule has 3 rings (SSSR count). The molecule has 0 saturated heterocycles. The molecule has 0 saturated carbocycles. The fourth-order valence-corrected chi connectivity index (χ4v) is 2.03. The standard InChI is InChI=1S/C16H12O4/c1-19-12-5-2-10(3-6-12)8-15-16(18)13-7-4-11(17)9-14(13)20-15/h2-9,17H,1H3. The molecular weight excluding hydrogens is 256 g/mol. The number of Topliss-reactive ketones (excluding diaryl/α,β-unsaturated/α-hetero) is 1. The van der Waals surface area contributed by atoms with Crippen LogP contribution in [0, 0.1) is 0 Å². The van der Waals surface area contributed by atoms with Crippen molar-refractivity contribution in [2.45, 2.75) is 0 Å². The van der Waals surface area contributed by atoms with Gasteiger partial charge in [-0.2, -0.15) is 0 Å². The van der Waals surface area contributed by atoms with Gasteiger partial charge in [-0.3, -0.25) is 4.79 Å². The number of ketones is 1. The van der Waals surface area contributed by atoms with E-state index in [1.54, 1.807) is 19.3 Å². The van der Waals surface area contributed by atoms with E-state index in [1.807, 2.05) is 24.3 Å². The van der Waals surface area contributed by atoms with Crippen LogP contribution in [0.3, 0.4) is 0 Å². The first-order chi connectivity index (χ1) is 9.67. The molecule has 1 heterocycles. The highest BCUT2D eigenvalue weighted by molar-refractivity contribution is 6.14. The Hall–Kier alpha value is -2.75. The Morgan fingerprint density at radius 2 is 1.90 bits per heavy atom. The van der Waals surface area contributed by atoms with Crippen LogP contribution < -0.4 is 9.47 Å². The lowest BCUT2D eigenvalue weighted by atomic mass is 10.1. The first kappa shape index (κ1) is 12.3. The van der Waals surface area contributed by atoms with Gasteiger partial charge in [0.25, 0.3) is 0 Å². The average Bonchev–Trinajstić information content (AvgIpc) is 2.75. The van der Waals surface area contributed by atoms with Crippen LogP contribution in [0.25, 0.3) is 6.08 Å². The lowest BCUT2D eigenvalue weighted by Gasteiger charge is -2.01. The van der Waals surface area contributed by atoms with Gasteiger partial charge in [0.15, 0.2) is 5.76 Å². The Bertz CT molecular complexity index is 699. The predicted octanol–water partition coefficient (Wildman–Crippen LogP) is 3.02. The molecule has 1 aliphatic heterocycles. The number of carbonyl (C=O) groups is 1. The number of ether oxygens (including phenoxy) is 2. The van der Waals surface area contributed by atoms with E-state index in [4.69, 9.17) is 9.47 Å². The van der Waals surface area contributed by atoms with Crippen LogP contribution in [-0.4, -0.2) is 18.0 Å². The van der Waals surface area contributed by atoms with E-state index in [2.05, 4.69) is 0 Å². The number of allylic oxidation sites excluding steroid dienone is 1. The summed E-state index contributed by atoms with van der Waals surface area (Å²) >= 11 is 0. The second kappa shape index (κ2) is 4.74. The molecule has 0 amide bonds. The van der Waals surface area contributed by atoms with E-state index in [0.717, 1.165) is 11.3 Å². The van der Waals surface area contributed by atoms with Crippen molar-refractivity contribution >= 4 is 11.9 Å². The molecule has 0 unspecified atom stereocenters. The number of methoxy groups -OCH3 is 1. The fraction of sp³-hybridized carbons (Fsp3) is 0.0625. The van der Waals surface area contributed by atoms with Gasteiger partial charge in [-0.15, -0.1) is 0 Å². The highest BCUT2D eigenvalue weighted by atomic mass is 16.5. The van der Waals surface area contributed by atoms with Crippen LogP contribution in [0.2, 0.25) is 0 Å². The molecule has 0 fully saturated rings. The third kappa shape index (κ3) is 2.12. The maximum absolute atomic E-state index is 12.1. The number of hydrogen-bond acceptors (Lipinski definition) is 4. The van der Waals surface area contributed by atoms with Crippen LogP contribution in [0.1, 0.15) is 15.9 Å². The van der Waals surface area contributed by atoms with Gasteiger partial charge < -0.3 is 14.6 Å². The molecule has 0 aliphatic carbocycles. The van der Waals surface area contributed by atoms with E-state index in [-0.39, 0.29) is 17.3 Å². The second-order valence-electron chi connectivity index (χ2n) is 4.39. The summed E-state index contributed by atoms with van der Waals surface area (Å²) in [6.07, 6.45) is 1.67. The monoisotopic (exact) mass is 268 g/mol. The quantitative estimate of drug-likeness (QED) is 0.851. The third-order valence-electron chi connectivity index (χ3n) is 3.07. The molecule has 4 heteroatoms. The summed E-state index contributed by atoms with van der Waals surface area (Å²) in [4.78, 5) is 12.1. The van der Waals surface area contributed by atoms with Gasteiger partial charge in [-0.1, -0.05) is 12.1 Å². The molecule has 1 N–H and O–H groups in total. The van der Waals surface area contributed by atoms with Gasteiger partial charge in [0, 0.05) is 6.07 Å². The van der Waals surface area contributed by atoms with E-state index >= 15 is 0 Å². The maximum Gasteiger partial charge on any atom is 0.231 e. The van der Waals surface area contributed by atoms with E-state index in [1.165, 1.54) is 12.1 Å². The highest BCUT2D eigenvalue weighted by Crippen LogP contribution is 2.34. The van der Waals surface area contributed by atoms with Gasteiger partial charge in [0.2, 0.25) is 5.78 Å². The number of rotatable bonds is 2. The van der Waals surface area contributed by atoms with Crippen LogP contribution in [0.4, 0.5) is 0 Å². The second-order valence-corrected chi connectivity index (χ2v) is 4.39. The Kier molecular flexibility index (Phi) is 2.91. The molecule has 4 nitrogen and oxygen atoms in total. The lowest BCUT2D eigenvalue weighted by Crippen LogP contribution is -1.97. The Balaban J connectivity index is 1.92. The van der Waals surface area contributed by atoms with Crippen molar-refractivity contribution in [2.75, 3.05) is 7.11 Å². The van der Waals surface area contributed by atoms with Crippen LogP contribution in [-0.2, 0) is 0 Å². The third-order valence-corrected chi connectivity index (χ3v) is 3.07. The summed E-state index contributed by atoms with van der Waals surface area (Å²) in [5, 5.41) is 9.39. The topological polar surface area (TPSA) is 55.8 Å². The van der Waals surface area contributed by atoms with Gasteiger partial charge in [0.05, 0.1) is 12.7 Å². The first-order valence-corrected chi connectivity index (χ1v) is 6.09. The maximum atomic E-state index is 12.1. The molecular formula is C16H12O4. The van der Waals surface area contributed by atoms with E-state index in [0.29, 0.717) is 11.3 Å². The SMILES string of the molecule is COc1ccc(C=C2Oc3cc(O)ccc3C2=O)cc1. The van der Waals surface area contributed by atoms with Crippen molar-refractivity contribution in [3.05, 3.63) is 59.4 Å². The number of carbonyl (C=O) groups excluding carboxylic acids is 1. The van der Waals surface area contributed by atoms with Crippen molar-refractivity contribution in [1.82, 2.24) is 0 Å². The average molecular weight is 268 g/mol.